The Morgan fingerprint density at radius 1 is 1.35 bits per heavy atom. The molecular formula is C19H20N4O2S. The van der Waals surface area contributed by atoms with Crippen molar-refractivity contribution in [2.45, 2.75) is 24.3 Å². The molecule has 1 unspecified atom stereocenters. The summed E-state index contributed by atoms with van der Waals surface area (Å²) >= 11 is 0. The van der Waals surface area contributed by atoms with Crippen LogP contribution >= 0.6 is 0 Å². The highest BCUT2D eigenvalue weighted by Gasteiger charge is 2.16. The van der Waals surface area contributed by atoms with E-state index in [1.807, 2.05) is 25.1 Å². The van der Waals surface area contributed by atoms with Gasteiger partial charge < -0.3 is 14.6 Å². The molecule has 3 heterocycles. The second-order valence-electron chi connectivity index (χ2n) is 6.19. The van der Waals surface area contributed by atoms with Crippen molar-refractivity contribution in [3.05, 3.63) is 54.0 Å². The minimum Gasteiger partial charge on any atom is -0.496 e. The molecule has 0 aliphatic carbocycles. The zero-order chi connectivity index (χ0) is 18.1. The van der Waals surface area contributed by atoms with Crippen LogP contribution in [0.3, 0.4) is 0 Å². The summed E-state index contributed by atoms with van der Waals surface area (Å²) in [5.41, 5.74) is 4.48. The maximum Gasteiger partial charge on any atom is 0.197 e. The van der Waals surface area contributed by atoms with Crippen LogP contribution in [-0.2, 0) is 16.6 Å². The Kier molecular flexibility index (Phi) is 4.46. The third kappa shape index (κ3) is 3.10. The van der Waals surface area contributed by atoms with E-state index in [1.54, 1.807) is 19.4 Å². The average molecular weight is 368 g/mol. The van der Waals surface area contributed by atoms with Crippen molar-refractivity contribution in [1.29, 1.82) is 0 Å². The fraction of sp³-hybridized carbons (Fsp3) is 0.263. The highest BCUT2D eigenvalue weighted by atomic mass is 32.2. The van der Waals surface area contributed by atoms with Crippen molar-refractivity contribution < 1.29 is 8.95 Å². The Balaban J connectivity index is 1.60. The number of anilines is 1. The Morgan fingerprint density at radius 3 is 3.00 bits per heavy atom. The van der Waals surface area contributed by atoms with E-state index in [9.17, 15) is 4.21 Å². The van der Waals surface area contributed by atoms with Crippen LogP contribution in [0.25, 0.3) is 11.0 Å². The number of pyridine rings is 1. The maximum absolute atomic E-state index is 12.8. The van der Waals surface area contributed by atoms with Gasteiger partial charge in [-0.05, 0) is 37.6 Å². The lowest BCUT2D eigenvalue weighted by molar-refractivity contribution is 0.410. The number of nitrogens with zero attached hydrogens (tertiary/aromatic N) is 3. The fourth-order valence-corrected chi connectivity index (χ4v) is 4.18. The predicted octanol–water partition coefficient (Wildman–Crippen LogP) is 3.31. The number of methoxy groups -OCH3 is 1. The molecule has 1 aromatic carbocycles. The molecule has 0 radical (unpaired) electrons. The van der Waals surface area contributed by atoms with E-state index in [1.165, 1.54) is 0 Å². The molecule has 0 saturated carbocycles. The van der Waals surface area contributed by atoms with Crippen molar-refractivity contribution in [2.24, 2.45) is 0 Å². The number of H-pyrrole nitrogens is 1. The van der Waals surface area contributed by atoms with Crippen molar-refractivity contribution >= 4 is 27.5 Å². The molecule has 0 spiro atoms. The molecule has 6 nitrogen and oxygen atoms in total. The second-order valence-corrected chi connectivity index (χ2v) is 7.55. The fourth-order valence-electron chi connectivity index (χ4n) is 3.08. The Labute approximate surface area is 154 Å². The van der Waals surface area contributed by atoms with Gasteiger partial charge in [0.25, 0.3) is 0 Å². The number of fused-ring (bicyclic) bond motifs is 1. The summed E-state index contributed by atoms with van der Waals surface area (Å²) in [6.07, 6.45) is 6.98. The van der Waals surface area contributed by atoms with Gasteiger partial charge in [0, 0.05) is 30.2 Å². The number of hydrogen-bond donors (Lipinski definition) is 1. The molecule has 0 saturated heterocycles. The van der Waals surface area contributed by atoms with E-state index < -0.39 is 10.8 Å². The van der Waals surface area contributed by atoms with Gasteiger partial charge in [0.15, 0.2) is 5.16 Å². The molecule has 26 heavy (non-hydrogen) atoms. The number of ether oxygens (including phenoxy) is 1. The number of nitrogens with one attached hydrogen (secondary N) is 1. The molecule has 1 atom stereocenters. The number of aromatic nitrogens is 3. The largest absolute Gasteiger partial charge is 0.496 e. The second kappa shape index (κ2) is 6.92. The number of rotatable bonds is 5. The lowest BCUT2D eigenvalue weighted by Crippen LogP contribution is -2.11. The molecule has 134 valence electrons. The van der Waals surface area contributed by atoms with Crippen LogP contribution in [0, 0.1) is 6.92 Å². The van der Waals surface area contributed by atoms with Gasteiger partial charge in [-0.2, -0.15) is 0 Å². The number of aromatic amines is 1. The Bertz CT molecular complexity index is 1010. The standard InChI is InChI=1S/C19H20N4O2S/c1-13-17(20-8-7-18(13)25-2)12-26(24)19-21-15-6-5-14(11-16(15)22-19)23-9-3-4-10-23/h3,5-9,11H,4,10,12H2,1-2H3,(H,21,22). The molecule has 7 heteroatoms. The number of imidazole rings is 1. The first-order chi connectivity index (χ1) is 12.7. The maximum atomic E-state index is 12.8. The van der Waals surface area contributed by atoms with E-state index in [-0.39, 0.29) is 0 Å². The van der Waals surface area contributed by atoms with E-state index >= 15 is 0 Å². The molecule has 0 bridgehead atoms. The highest BCUT2D eigenvalue weighted by molar-refractivity contribution is 7.84. The Hall–Kier alpha value is -2.67. The lowest BCUT2D eigenvalue weighted by Gasteiger charge is -2.14. The first-order valence-corrected chi connectivity index (χ1v) is 9.77. The smallest absolute Gasteiger partial charge is 0.197 e. The van der Waals surface area contributed by atoms with Gasteiger partial charge >= 0.3 is 0 Å². The molecule has 1 aliphatic rings. The summed E-state index contributed by atoms with van der Waals surface area (Å²) in [5, 5.41) is 0.470. The first-order valence-electron chi connectivity index (χ1n) is 8.45. The van der Waals surface area contributed by atoms with Crippen molar-refractivity contribution in [2.75, 3.05) is 18.6 Å². The number of hydrogen-bond acceptors (Lipinski definition) is 5. The molecule has 1 N–H and O–H groups in total. The van der Waals surface area contributed by atoms with E-state index in [0.29, 0.717) is 10.9 Å². The van der Waals surface area contributed by atoms with Crippen LogP contribution in [0.15, 0.2) is 47.9 Å². The van der Waals surface area contributed by atoms with Crippen molar-refractivity contribution in [3.8, 4) is 5.75 Å². The normalized spacial score (nSPS) is 14.9. The van der Waals surface area contributed by atoms with Crippen molar-refractivity contribution in [3.63, 3.8) is 0 Å². The molecule has 2 aromatic heterocycles. The minimum atomic E-state index is -1.31. The summed E-state index contributed by atoms with van der Waals surface area (Å²) in [4.78, 5) is 14.2. The van der Waals surface area contributed by atoms with Crippen LogP contribution in [0.2, 0.25) is 0 Å². The highest BCUT2D eigenvalue weighted by Crippen LogP contribution is 2.25. The van der Waals surface area contributed by atoms with E-state index in [2.05, 4.69) is 32.1 Å². The van der Waals surface area contributed by atoms with E-state index in [0.717, 1.165) is 46.7 Å². The molecule has 4 rings (SSSR count). The van der Waals surface area contributed by atoms with Gasteiger partial charge in [0.1, 0.15) is 5.75 Å². The third-order valence-electron chi connectivity index (χ3n) is 4.56. The SMILES string of the molecule is COc1ccnc(CS(=O)c2nc3ccc(N4C=CCC4)cc3[nH]2)c1C. The summed E-state index contributed by atoms with van der Waals surface area (Å²) in [5.74, 6) is 1.05. The van der Waals surface area contributed by atoms with Gasteiger partial charge in [0.2, 0.25) is 0 Å². The van der Waals surface area contributed by atoms with Crippen LogP contribution < -0.4 is 9.64 Å². The van der Waals surface area contributed by atoms with Crippen LogP contribution in [0.4, 0.5) is 5.69 Å². The van der Waals surface area contributed by atoms with Gasteiger partial charge in [-0.1, -0.05) is 6.08 Å². The lowest BCUT2D eigenvalue weighted by atomic mass is 10.2. The summed E-state index contributed by atoms with van der Waals surface area (Å²) in [6.45, 7) is 2.91. The molecule has 0 fully saturated rings. The van der Waals surface area contributed by atoms with Crippen LogP contribution in [0.1, 0.15) is 17.7 Å². The monoisotopic (exact) mass is 368 g/mol. The molecule has 1 aliphatic heterocycles. The summed E-state index contributed by atoms with van der Waals surface area (Å²) in [7, 11) is 0.312. The van der Waals surface area contributed by atoms with Crippen LogP contribution in [-0.4, -0.2) is 32.8 Å². The molecule has 3 aromatic rings. The number of benzene rings is 1. The van der Waals surface area contributed by atoms with Gasteiger partial charge in [-0.15, -0.1) is 0 Å². The third-order valence-corrected chi connectivity index (χ3v) is 5.72. The van der Waals surface area contributed by atoms with Crippen LogP contribution in [0.5, 0.6) is 5.75 Å². The summed E-state index contributed by atoms with van der Waals surface area (Å²) in [6, 6.07) is 7.85. The first kappa shape index (κ1) is 16.8. The van der Waals surface area contributed by atoms with Gasteiger partial charge in [0.05, 0.1) is 40.4 Å². The van der Waals surface area contributed by atoms with E-state index in [4.69, 9.17) is 4.74 Å². The van der Waals surface area contributed by atoms with Gasteiger partial charge in [-0.3, -0.25) is 9.19 Å². The molecule has 0 amide bonds. The topological polar surface area (TPSA) is 71.1 Å². The predicted molar refractivity (Wildman–Crippen MR) is 103 cm³/mol. The quantitative estimate of drug-likeness (QED) is 0.748. The summed E-state index contributed by atoms with van der Waals surface area (Å²) < 4.78 is 18.1. The van der Waals surface area contributed by atoms with Gasteiger partial charge in [-0.25, -0.2) is 4.98 Å². The zero-order valence-electron chi connectivity index (χ0n) is 14.7. The Morgan fingerprint density at radius 2 is 2.23 bits per heavy atom. The minimum absolute atomic E-state index is 0.296. The molecular weight excluding hydrogens is 348 g/mol. The average Bonchev–Trinajstić information content (AvgIpc) is 3.32. The zero-order valence-corrected chi connectivity index (χ0v) is 15.5. The van der Waals surface area contributed by atoms with Crippen molar-refractivity contribution in [1.82, 2.24) is 15.0 Å².